The summed E-state index contributed by atoms with van der Waals surface area (Å²) < 4.78 is 21.9. The molecule has 0 spiro atoms. The second kappa shape index (κ2) is 39.0. The molecule has 0 radical (unpaired) electrons. The van der Waals surface area contributed by atoms with E-state index in [2.05, 4.69) is 13.8 Å². The Balaban J connectivity index is 1.96. The van der Waals surface area contributed by atoms with E-state index in [4.69, 9.17) is 18.9 Å². The molecule has 17 nitrogen and oxygen atoms in total. The summed E-state index contributed by atoms with van der Waals surface area (Å²) in [5, 5.41) is 91.9. The van der Waals surface area contributed by atoms with Gasteiger partial charge in [0.05, 0.1) is 32.5 Å². The summed E-state index contributed by atoms with van der Waals surface area (Å²) in [4.78, 5) is 30.4. The number of unbranched alkanes of at least 4 members (excludes halogenated alkanes) is 24. The number of carbonyl (C=O) groups excluding carboxylic acids is 2. The molecule has 9 N–H and O–H groups in total. The van der Waals surface area contributed by atoms with Gasteiger partial charge in [-0.2, -0.15) is 0 Å². The summed E-state index contributed by atoms with van der Waals surface area (Å²) in [6, 6.07) is 0. The van der Waals surface area contributed by atoms with Gasteiger partial charge in [-0.05, 0) is 12.8 Å². The first-order valence-electron chi connectivity index (χ1n) is 27.0. The van der Waals surface area contributed by atoms with Gasteiger partial charge in [-0.25, -0.2) is 0 Å². The maximum absolute atomic E-state index is 13.7. The first kappa shape index (κ1) is 62.5. The Hall–Kier alpha value is -1.58. The van der Waals surface area contributed by atoms with Crippen molar-refractivity contribution in [2.45, 2.75) is 261 Å². The van der Waals surface area contributed by atoms with Crippen LogP contribution >= 0.6 is 0 Å². The zero-order valence-electron chi connectivity index (χ0n) is 42.2. The van der Waals surface area contributed by atoms with Crippen LogP contribution in [0.1, 0.15) is 194 Å². The summed E-state index contributed by atoms with van der Waals surface area (Å²) in [7, 11) is 0. The van der Waals surface area contributed by atoms with E-state index in [9.17, 15) is 55.5 Å². The highest BCUT2D eigenvalue weighted by molar-refractivity contribution is 5.77. The molecule has 0 aromatic rings. The lowest BCUT2D eigenvalue weighted by atomic mass is 9.99. The Morgan fingerprint density at radius 2 is 0.706 bits per heavy atom. The number of hydrogen-bond donors (Lipinski definition) is 9. The summed E-state index contributed by atoms with van der Waals surface area (Å²) in [5.41, 5.74) is 0. The zero-order valence-corrected chi connectivity index (χ0v) is 42.2. The van der Waals surface area contributed by atoms with E-state index in [0.717, 1.165) is 38.5 Å². The van der Waals surface area contributed by atoms with Crippen LogP contribution in [0.4, 0.5) is 0 Å². The molecule has 2 aliphatic heterocycles. The summed E-state index contributed by atoms with van der Waals surface area (Å²) >= 11 is 0. The Labute approximate surface area is 408 Å². The fourth-order valence-corrected chi connectivity index (χ4v) is 8.99. The van der Waals surface area contributed by atoms with E-state index in [1.807, 2.05) is 0 Å². The minimum absolute atomic E-state index is 0.0244. The fourth-order valence-electron chi connectivity index (χ4n) is 8.99. The number of rotatable bonds is 42. The van der Waals surface area contributed by atoms with Crippen LogP contribution in [0.15, 0.2) is 0 Å². The number of nitrogens with zero attached hydrogens (tertiary/aromatic N) is 2. The van der Waals surface area contributed by atoms with Crippen molar-refractivity contribution in [3.05, 3.63) is 0 Å². The van der Waals surface area contributed by atoms with Crippen molar-refractivity contribution in [1.29, 1.82) is 0 Å². The maximum Gasteiger partial charge on any atom is 0.222 e. The third-order valence-electron chi connectivity index (χ3n) is 13.5. The number of ether oxygens (including phenoxy) is 4. The summed E-state index contributed by atoms with van der Waals surface area (Å²) in [6.45, 7) is 3.86. The molecule has 0 saturated carbocycles. The molecule has 0 aromatic carbocycles. The van der Waals surface area contributed by atoms with E-state index < -0.39 is 67.5 Å². The van der Waals surface area contributed by atoms with Gasteiger partial charge >= 0.3 is 0 Å². The zero-order chi connectivity index (χ0) is 49.9. The number of aliphatic hydroxyl groups is 9. The molecule has 2 unspecified atom stereocenters. The number of hydrogen-bond acceptors (Lipinski definition) is 15. The molecule has 17 heteroatoms. The highest BCUT2D eigenvalue weighted by atomic mass is 16.7. The van der Waals surface area contributed by atoms with Crippen LogP contribution in [0, 0.1) is 0 Å². The predicted octanol–water partition coefficient (Wildman–Crippen LogP) is 4.60. The standard InChI is InChI=1S/C51H98N2O15/c1-3-5-7-9-11-13-15-17-19-21-23-25-27-29-42(55)52(31-33-65-37-40-44(57)46(59)48(61)50(63)67-40)35-39(54)36-53(32-34-66-38-41-45(58)47(60)49(62)51(64)68-41)43(56)30-28-26-24-22-20-18-16-14-12-10-8-6-4-2/h39-41,44-51,54,57-64H,3-38H2,1-2H3/t39?,40-,41-,44+,45?,46+,47+,48-,49-,50+,51+/m1/s1. The Morgan fingerprint density at radius 1 is 0.426 bits per heavy atom. The minimum atomic E-state index is -1.71. The third-order valence-corrected chi connectivity index (χ3v) is 13.5. The normalized spacial score (nSPS) is 25.7. The van der Waals surface area contributed by atoms with Crippen molar-refractivity contribution in [2.75, 3.05) is 52.6 Å². The topological polar surface area (TPSA) is 260 Å². The molecule has 0 bridgehead atoms. The van der Waals surface area contributed by atoms with Crippen molar-refractivity contribution in [3.63, 3.8) is 0 Å². The SMILES string of the molecule is CCCCCCCCCCCCCCCC(=O)N(CCOC[C@H]1O[C@H](O)[C@H](O)[C@@H](O)C1O)CC(O)CN(CCOC[C@H]1O[C@H](O)[C@H](O)[C@@H](O)[C@H]1O)C(=O)CCCCCCCCCCCCCCC. The molecule has 2 amide bonds. The lowest BCUT2D eigenvalue weighted by Gasteiger charge is -2.38. The molecule has 2 aliphatic rings. The first-order chi connectivity index (χ1) is 32.8. The van der Waals surface area contributed by atoms with Crippen LogP contribution in [-0.2, 0) is 28.5 Å². The van der Waals surface area contributed by atoms with Crippen molar-refractivity contribution in [2.24, 2.45) is 0 Å². The predicted molar refractivity (Wildman–Crippen MR) is 259 cm³/mol. The van der Waals surface area contributed by atoms with E-state index in [0.29, 0.717) is 12.8 Å². The summed E-state index contributed by atoms with van der Waals surface area (Å²) in [5.74, 6) is -0.375. The van der Waals surface area contributed by atoms with Crippen LogP contribution in [0.25, 0.3) is 0 Å². The second-order valence-corrected chi connectivity index (χ2v) is 19.5. The maximum atomic E-state index is 13.7. The fraction of sp³-hybridized carbons (Fsp3) is 0.961. The average Bonchev–Trinajstić information content (AvgIpc) is 3.32. The number of amides is 2. The van der Waals surface area contributed by atoms with Gasteiger partial charge in [-0.3, -0.25) is 9.59 Å². The van der Waals surface area contributed by atoms with E-state index in [1.54, 1.807) is 0 Å². The Kier molecular flexibility index (Phi) is 35.9. The molecule has 68 heavy (non-hydrogen) atoms. The molecule has 11 atom stereocenters. The molecule has 0 aromatic heterocycles. The van der Waals surface area contributed by atoms with Gasteiger partial charge in [0.2, 0.25) is 11.8 Å². The van der Waals surface area contributed by atoms with Gasteiger partial charge < -0.3 is 74.7 Å². The average molecular weight is 979 g/mol. The number of carbonyl (C=O) groups is 2. The van der Waals surface area contributed by atoms with Gasteiger partial charge in [0, 0.05) is 39.0 Å². The van der Waals surface area contributed by atoms with E-state index in [-0.39, 0.29) is 77.3 Å². The summed E-state index contributed by atoms with van der Waals surface area (Å²) in [6.07, 6.45) is 14.4. The second-order valence-electron chi connectivity index (χ2n) is 19.5. The van der Waals surface area contributed by atoms with Gasteiger partial charge in [0.15, 0.2) is 12.6 Å². The van der Waals surface area contributed by atoms with Crippen molar-refractivity contribution in [1.82, 2.24) is 9.80 Å². The van der Waals surface area contributed by atoms with Crippen molar-refractivity contribution < 1.29 is 74.5 Å². The van der Waals surface area contributed by atoms with Gasteiger partial charge in [-0.15, -0.1) is 0 Å². The van der Waals surface area contributed by atoms with E-state index >= 15 is 0 Å². The largest absolute Gasteiger partial charge is 0.389 e. The molecule has 0 aliphatic carbocycles. The molecule has 2 fully saturated rings. The Morgan fingerprint density at radius 3 is 1.00 bits per heavy atom. The molecular formula is C51H98N2O15. The van der Waals surface area contributed by atoms with Gasteiger partial charge in [-0.1, -0.05) is 168 Å². The van der Waals surface area contributed by atoms with Crippen LogP contribution in [0.2, 0.25) is 0 Å². The quantitative estimate of drug-likeness (QED) is 0.0379. The van der Waals surface area contributed by atoms with Crippen LogP contribution in [0.5, 0.6) is 0 Å². The third kappa shape index (κ3) is 26.7. The van der Waals surface area contributed by atoms with Crippen molar-refractivity contribution >= 4 is 11.8 Å². The highest BCUT2D eigenvalue weighted by Gasteiger charge is 2.44. The molecule has 2 rings (SSSR count). The monoisotopic (exact) mass is 979 g/mol. The molecule has 2 heterocycles. The first-order valence-corrected chi connectivity index (χ1v) is 27.0. The molecule has 402 valence electrons. The van der Waals surface area contributed by atoms with E-state index in [1.165, 1.54) is 125 Å². The van der Waals surface area contributed by atoms with Crippen LogP contribution < -0.4 is 0 Å². The minimum Gasteiger partial charge on any atom is -0.389 e. The smallest absolute Gasteiger partial charge is 0.222 e. The van der Waals surface area contributed by atoms with Gasteiger partial charge in [0.25, 0.3) is 0 Å². The van der Waals surface area contributed by atoms with Crippen LogP contribution in [-0.4, -0.2) is 188 Å². The lowest BCUT2D eigenvalue weighted by Crippen LogP contribution is -2.58. The number of aliphatic hydroxyl groups excluding tert-OH is 9. The van der Waals surface area contributed by atoms with Gasteiger partial charge in [0.1, 0.15) is 48.8 Å². The van der Waals surface area contributed by atoms with Crippen molar-refractivity contribution in [3.8, 4) is 0 Å². The lowest BCUT2D eigenvalue weighted by molar-refractivity contribution is -0.288. The Bertz CT molecular complexity index is 1150. The molecular weight excluding hydrogens is 881 g/mol. The highest BCUT2D eigenvalue weighted by Crippen LogP contribution is 2.22. The van der Waals surface area contributed by atoms with Crippen LogP contribution in [0.3, 0.4) is 0 Å². The molecule has 2 saturated heterocycles.